The number of ketones is 1. The number of nitrogens with zero attached hydrogens (tertiary/aromatic N) is 6. The Hall–Kier alpha value is -12.5. The Bertz CT molecular complexity index is 4910. The number of hydrogen-bond donors (Lipinski definition) is 6. The van der Waals surface area contributed by atoms with Gasteiger partial charge in [0, 0.05) is 40.3 Å². The summed E-state index contributed by atoms with van der Waals surface area (Å²) in [6.45, 7) is 30.7. The van der Waals surface area contributed by atoms with E-state index in [2.05, 4.69) is 121 Å². The second-order valence-electron chi connectivity index (χ2n) is 34.7. The van der Waals surface area contributed by atoms with Crippen molar-refractivity contribution in [1.82, 2.24) is 29.9 Å². The fourth-order valence-corrected chi connectivity index (χ4v) is 15.3. The predicted octanol–water partition coefficient (Wildman–Crippen LogP) is 28.0. The third-order valence-corrected chi connectivity index (χ3v) is 24.6. The molecule has 0 spiro atoms. The van der Waals surface area contributed by atoms with Crippen LogP contribution < -0.4 is 30.2 Å². The Morgan fingerprint density at radius 2 is 0.681 bits per heavy atom. The number of nitrogens with one attached hydrogen (secondary N) is 3. The lowest BCUT2D eigenvalue weighted by molar-refractivity contribution is 0.0419. The maximum atomic E-state index is 13.1. The highest BCUT2D eigenvalue weighted by Crippen LogP contribution is 2.38. The number of methoxy groups -OCH3 is 1. The van der Waals surface area contributed by atoms with Crippen molar-refractivity contribution in [3.05, 3.63) is 215 Å². The van der Waals surface area contributed by atoms with E-state index in [1.165, 1.54) is 12.8 Å². The molecule has 24 heteroatoms. The second-order valence-corrected chi connectivity index (χ2v) is 34.7. The van der Waals surface area contributed by atoms with Gasteiger partial charge in [0.1, 0.15) is 34.5 Å². The first-order valence-electron chi connectivity index (χ1n) is 49.4. The van der Waals surface area contributed by atoms with E-state index in [0.717, 1.165) is 165 Å². The molecule has 6 N–H and O–H groups in total. The fraction of sp³-hybridized carbons (Fsp3) is 0.468. The topological polar surface area (TPSA) is 324 Å². The van der Waals surface area contributed by atoms with Crippen molar-refractivity contribution >= 4 is 64.6 Å². The largest absolute Gasteiger partial charge is 0.507 e. The highest BCUT2D eigenvalue weighted by molar-refractivity contribution is 6.15. The number of carbonyl (C=O) groups is 5. The monoisotopic (exact) mass is 1850 g/mol. The molecule has 24 nitrogen and oxygen atoms in total. The van der Waals surface area contributed by atoms with Gasteiger partial charge in [-0.3, -0.25) is 4.79 Å². The second kappa shape index (κ2) is 59.3. The molecule has 2 heterocycles. The number of aromatic nitrogens is 6. The lowest BCUT2D eigenvalue weighted by atomic mass is 9.91. The van der Waals surface area contributed by atoms with Crippen molar-refractivity contribution in [2.75, 3.05) is 62.7 Å². The average molecular weight is 1850 g/mol. The quantitative estimate of drug-likeness (QED) is 0.00892. The number of benzene rings is 8. The van der Waals surface area contributed by atoms with Crippen LogP contribution in [0.4, 0.5) is 34.9 Å². The first kappa shape index (κ1) is 108. The van der Waals surface area contributed by atoms with Crippen LogP contribution in [0.2, 0.25) is 0 Å². The molecular weight excluding hydrogens is 1700 g/mol. The maximum absolute atomic E-state index is 13.1. The smallest absolute Gasteiger partial charge is 0.338 e. The van der Waals surface area contributed by atoms with Gasteiger partial charge in [-0.05, 0) is 232 Å². The van der Waals surface area contributed by atoms with Crippen LogP contribution in [0.1, 0.15) is 326 Å². The number of phenolic OH excluding ortho intramolecular Hbond substituents is 3. The van der Waals surface area contributed by atoms with E-state index in [1.54, 1.807) is 141 Å². The van der Waals surface area contributed by atoms with Crippen molar-refractivity contribution in [3.63, 3.8) is 0 Å². The number of anilines is 6. The van der Waals surface area contributed by atoms with Gasteiger partial charge in [-0.25, -0.2) is 34.1 Å². The lowest BCUT2D eigenvalue weighted by Gasteiger charge is -2.16. The van der Waals surface area contributed by atoms with Crippen molar-refractivity contribution < 1.29 is 72.5 Å². The Morgan fingerprint density at radius 1 is 0.319 bits per heavy atom. The Balaban J connectivity index is 0.000000264. The summed E-state index contributed by atoms with van der Waals surface area (Å²) in [4.78, 5) is 92.1. The number of phenols is 3. The summed E-state index contributed by atoms with van der Waals surface area (Å²) in [5, 5.41) is 42.3. The van der Waals surface area contributed by atoms with E-state index in [4.69, 9.17) is 48.1 Å². The standard InChI is InChI=1S/C48H66N6O6.C38H49N3O5.C25H32O4/c1-7-13-16-34(10-4)31-58-43(55)37-19-25-40(26-20-37)49-46-52-47(50-41-27-21-38(22-28-41)44(56)59-32-35(11-5)17-14-8-2)54-48(53-46)51-42-29-23-39(24-30-42)45(57)60-33-36(12-6)18-15-9-3;1-6-10-12-26(8-3)24-45-30-18-20-32(34(42)22-30)37-39-36(28-14-16-29(44-5)17-15-28)40-38(41-37)33-21-19-31(23-35(33)43)46-25-27(9-4)13-11-7-2;1-4-7-8-11-16-29-25(28)21-13-10-9-12-20(21)24(27)22-15-14-19(17-23(22)26)18(5-2)6-3/h19-30,34-36H,7-18,31-33H2,1-6H3,(H3,49,50,51,52,53,54);14-23,26-27,42-43H,6-13,24-25H2,1-5H3;9-10,12-15,17-18,26H,4-8,11,16H2,1-3H3. The highest BCUT2D eigenvalue weighted by atomic mass is 16.5. The SMILES string of the molecule is CCCCC(CC)COC(=O)c1ccc(Nc2nc(Nc3ccc(C(=O)OCC(CC)CCCC)cc3)nc(Nc3ccc(C(=O)OCC(CC)CCCC)cc3)n2)cc1.CCCCC(CC)COc1ccc(-c2nc(-c3ccc(OC)cc3)nc(-c3ccc(OCC(CC)CCCC)cc3O)n2)c(O)c1.CCCCCCOC(=O)c1ccccc1C(=O)c1ccc(C(CC)CC)cc1O. The number of carbonyl (C=O) groups excluding carboxylic acids is 5. The normalized spacial score (nSPS) is 12.1. The molecular formula is C111H147N9O15. The third-order valence-electron chi connectivity index (χ3n) is 24.6. The molecule has 0 saturated heterocycles. The van der Waals surface area contributed by atoms with Crippen molar-refractivity contribution in [2.24, 2.45) is 29.6 Å². The summed E-state index contributed by atoms with van der Waals surface area (Å²) in [7, 11) is 1.61. The molecule has 0 aliphatic rings. The van der Waals surface area contributed by atoms with Gasteiger partial charge in [0.15, 0.2) is 23.3 Å². The summed E-state index contributed by atoms with van der Waals surface area (Å²) in [5.74, 6) is 3.86. The van der Waals surface area contributed by atoms with Crippen LogP contribution in [0, 0.1) is 29.6 Å². The van der Waals surface area contributed by atoms with Gasteiger partial charge in [0.2, 0.25) is 17.8 Å². The van der Waals surface area contributed by atoms with Crippen LogP contribution in [-0.4, -0.2) is 122 Å². The van der Waals surface area contributed by atoms with Gasteiger partial charge in [-0.2, -0.15) is 15.0 Å². The zero-order valence-corrected chi connectivity index (χ0v) is 82.3. The molecule has 5 unspecified atom stereocenters. The molecule has 0 aliphatic carbocycles. The fourth-order valence-electron chi connectivity index (χ4n) is 15.3. The minimum atomic E-state index is -0.501. The van der Waals surface area contributed by atoms with Crippen molar-refractivity contribution in [3.8, 4) is 68.7 Å². The van der Waals surface area contributed by atoms with E-state index in [-0.39, 0.29) is 87.1 Å². The summed E-state index contributed by atoms with van der Waals surface area (Å²) >= 11 is 0. The van der Waals surface area contributed by atoms with Crippen LogP contribution in [0.5, 0.6) is 34.5 Å². The van der Waals surface area contributed by atoms with Crippen molar-refractivity contribution in [1.29, 1.82) is 0 Å². The molecule has 0 radical (unpaired) electrons. The van der Waals surface area contributed by atoms with Crippen LogP contribution in [0.25, 0.3) is 34.2 Å². The molecule has 0 saturated carbocycles. The number of ether oxygens (including phenoxy) is 7. The van der Waals surface area contributed by atoms with E-state index in [1.807, 2.05) is 42.5 Å². The summed E-state index contributed by atoms with van der Waals surface area (Å²) in [5.41, 5.74) is 6.60. The highest BCUT2D eigenvalue weighted by Gasteiger charge is 2.26. The molecule has 10 aromatic rings. The van der Waals surface area contributed by atoms with Crippen LogP contribution in [0.3, 0.4) is 0 Å². The lowest BCUT2D eigenvalue weighted by Crippen LogP contribution is -2.14. The summed E-state index contributed by atoms with van der Waals surface area (Å²) < 4.78 is 39.7. The van der Waals surface area contributed by atoms with Crippen LogP contribution >= 0.6 is 0 Å². The third kappa shape index (κ3) is 35.4. The number of unbranched alkanes of at least 4 members (excludes halogenated alkanes) is 8. The Labute approximate surface area is 801 Å². The number of aromatic hydroxyl groups is 3. The van der Waals surface area contributed by atoms with E-state index in [0.29, 0.717) is 143 Å². The first-order valence-corrected chi connectivity index (χ1v) is 49.4. The number of rotatable bonds is 56. The van der Waals surface area contributed by atoms with E-state index >= 15 is 0 Å². The zero-order chi connectivity index (χ0) is 97.2. The molecule has 0 amide bonds. The van der Waals surface area contributed by atoms with E-state index < -0.39 is 5.97 Å². The minimum absolute atomic E-state index is 0.00143. The molecule has 0 aliphatic heterocycles. The summed E-state index contributed by atoms with van der Waals surface area (Å²) in [6, 6.07) is 50.4. The summed E-state index contributed by atoms with van der Waals surface area (Å²) in [6.07, 6.45) is 27.7. The van der Waals surface area contributed by atoms with Gasteiger partial charge in [0.25, 0.3) is 0 Å². The van der Waals surface area contributed by atoms with Gasteiger partial charge in [0.05, 0.1) is 85.7 Å². The molecule has 726 valence electrons. The number of hydrogen-bond acceptors (Lipinski definition) is 24. The van der Waals surface area contributed by atoms with Gasteiger partial charge in [-0.1, -0.05) is 230 Å². The first-order chi connectivity index (χ1) is 65.6. The van der Waals surface area contributed by atoms with Gasteiger partial charge >= 0.3 is 23.9 Å². The predicted molar refractivity (Wildman–Crippen MR) is 539 cm³/mol. The molecule has 0 bridgehead atoms. The molecule has 135 heavy (non-hydrogen) atoms. The van der Waals surface area contributed by atoms with Crippen LogP contribution in [0.15, 0.2) is 176 Å². The Morgan fingerprint density at radius 3 is 1.03 bits per heavy atom. The van der Waals surface area contributed by atoms with Crippen molar-refractivity contribution in [2.45, 2.75) is 263 Å². The maximum Gasteiger partial charge on any atom is 0.338 e. The zero-order valence-electron chi connectivity index (χ0n) is 82.3. The van der Waals surface area contributed by atoms with Gasteiger partial charge < -0.3 is 64.4 Å². The Kier molecular flexibility index (Phi) is 47.4. The average Bonchev–Trinajstić information content (AvgIpc) is 0.783. The van der Waals surface area contributed by atoms with Crippen LogP contribution in [-0.2, 0) is 18.9 Å². The molecule has 5 atom stereocenters. The number of esters is 4. The molecule has 10 rings (SSSR count). The molecule has 8 aromatic carbocycles. The minimum Gasteiger partial charge on any atom is -0.507 e. The van der Waals surface area contributed by atoms with Gasteiger partial charge in [-0.15, -0.1) is 0 Å². The molecule has 0 fully saturated rings. The molecule has 2 aromatic heterocycles. The van der Waals surface area contributed by atoms with E-state index in [9.17, 15) is 39.3 Å².